The molecule has 33 heavy (non-hydrogen) atoms. The molecule has 0 radical (unpaired) electrons. The average molecular weight is 456 g/mol. The molecule has 4 heteroatoms. The molecule has 1 aliphatic rings. The van der Waals surface area contributed by atoms with Crippen LogP contribution in [0.3, 0.4) is 0 Å². The van der Waals surface area contributed by atoms with Gasteiger partial charge < -0.3 is 9.74 Å². The van der Waals surface area contributed by atoms with Gasteiger partial charge in [0.05, 0.1) is 0 Å². The van der Waals surface area contributed by atoms with E-state index >= 15 is 0 Å². The van der Waals surface area contributed by atoms with E-state index in [4.69, 9.17) is 4.43 Å². The highest BCUT2D eigenvalue weighted by molar-refractivity contribution is 6.99. The fourth-order valence-electron chi connectivity index (χ4n) is 5.00. The van der Waals surface area contributed by atoms with Gasteiger partial charge in [-0.25, -0.2) is 0 Å². The molecule has 0 saturated carbocycles. The van der Waals surface area contributed by atoms with Crippen LogP contribution in [0.1, 0.15) is 38.7 Å². The highest BCUT2D eigenvalue weighted by Crippen LogP contribution is 2.38. The predicted octanol–water partition coefficient (Wildman–Crippen LogP) is 4.79. The molecule has 3 aromatic carbocycles. The zero-order valence-electron chi connectivity index (χ0n) is 19.7. The first-order valence-corrected chi connectivity index (χ1v) is 13.6. The van der Waals surface area contributed by atoms with Crippen molar-refractivity contribution < 1.29 is 9.22 Å². The van der Waals surface area contributed by atoms with Gasteiger partial charge in [0, 0.05) is 18.6 Å². The van der Waals surface area contributed by atoms with Crippen molar-refractivity contribution >= 4 is 24.6 Å². The summed E-state index contributed by atoms with van der Waals surface area (Å²) in [4.78, 5) is 12.2. The fourth-order valence-corrected chi connectivity index (χ4v) is 9.58. The van der Waals surface area contributed by atoms with E-state index in [1.165, 1.54) is 15.9 Å². The van der Waals surface area contributed by atoms with Crippen LogP contribution in [0, 0.1) is 0 Å². The number of carbonyl (C=O) groups excluding carboxylic acids is 1. The van der Waals surface area contributed by atoms with Crippen molar-refractivity contribution in [1.82, 2.24) is 5.32 Å². The number of carbonyl (C=O) groups is 1. The molecule has 0 saturated heterocycles. The largest absolute Gasteiger partial charge is 0.407 e. The van der Waals surface area contributed by atoms with Crippen molar-refractivity contribution in [1.29, 1.82) is 0 Å². The Bertz CT molecular complexity index is 1040. The standard InChI is InChI=1S/C29H33NO2Si/c1-29(2,3)33(24-16-9-5-10-17-24,25-18-11-6-12-19-25)32-22-26(23-14-7-4-8-15-23)27-20-13-21-28(31)30-27/h4-19,21,26-27H,20,22H2,1-3H3,(H,30,31)/t26-,27-/m1/s1. The molecular formula is C29H33NO2Si. The van der Waals surface area contributed by atoms with Gasteiger partial charge in [0.15, 0.2) is 0 Å². The van der Waals surface area contributed by atoms with Crippen LogP contribution in [-0.2, 0) is 9.22 Å². The van der Waals surface area contributed by atoms with Gasteiger partial charge in [-0.2, -0.15) is 0 Å². The summed E-state index contributed by atoms with van der Waals surface area (Å²) in [7, 11) is -2.66. The van der Waals surface area contributed by atoms with Crippen LogP contribution in [0.2, 0.25) is 5.04 Å². The van der Waals surface area contributed by atoms with Crippen molar-refractivity contribution in [3.05, 3.63) is 109 Å². The third-order valence-corrected chi connectivity index (χ3v) is 11.6. The van der Waals surface area contributed by atoms with Crippen LogP contribution in [-0.4, -0.2) is 26.9 Å². The van der Waals surface area contributed by atoms with Gasteiger partial charge >= 0.3 is 0 Å². The van der Waals surface area contributed by atoms with Gasteiger partial charge in [-0.15, -0.1) is 0 Å². The maximum atomic E-state index is 12.2. The van der Waals surface area contributed by atoms with E-state index in [0.717, 1.165) is 6.42 Å². The maximum absolute atomic E-state index is 12.2. The van der Waals surface area contributed by atoms with E-state index < -0.39 is 8.32 Å². The molecule has 1 N–H and O–H groups in total. The first-order chi connectivity index (χ1) is 15.9. The van der Waals surface area contributed by atoms with Crippen molar-refractivity contribution in [2.75, 3.05) is 6.61 Å². The third-order valence-electron chi connectivity index (χ3n) is 6.60. The zero-order chi connectivity index (χ0) is 23.3. The summed E-state index contributed by atoms with van der Waals surface area (Å²) in [6.45, 7) is 7.42. The molecule has 0 aliphatic carbocycles. The molecule has 0 fully saturated rings. The molecule has 1 heterocycles. The van der Waals surface area contributed by atoms with Crippen molar-refractivity contribution in [3.8, 4) is 0 Å². The van der Waals surface area contributed by atoms with Gasteiger partial charge in [-0.05, 0) is 33.5 Å². The Morgan fingerprint density at radius 1 is 0.879 bits per heavy atom. The highest BCUT2D eigenvalue weighted by atomic mass is 28.4. The average Bonchev–Trinajstić information content (AvgIpc) is 2.83. The first-order valence-electron chi connectivity index (χ1n) is 11.7. The molecule has 170 valence electrons. The summed E-state index contributed by atoms with van der Waals surface area (Å²) in [6.07, 6.45) is 4.40. The van der Waals surface area contributed by atoms with Gasteiger partial charge in [0.1, 0.15) is 0 Å². The number of hydrogen-bond acceptors (Lipinski definition) is 2. The molecular weight excluding hydrogens is 422 g/mol. The van der Waals surface area contributed by atoms with Crippen LogP contribution < -0.4 is 15.7 Å². The summed E-state index contributed by atoms with van der Waals surface area (Å²) in [6, 6.07) is 31.9. The number of amides is 1. The summed E-state index contributed by atoms with van der Waals surface area (Å²) in [5.41, 5.74) is 1.19. The normalized spacial score (nSPS) is 17.4. The lowest BCUT2D eigenvalue weighted by Crippen LogP contribution is -2.67. The second-order valence-electron chi connectivity index (χ2n) is 9.74. The quantitative estimate of drug-likeness (QED) is 0.520. The SMILES string of the molecule is CC(C)(C)[Si](OC[C@H](c1ccccc1)[C@H]1CC=CC(=O)N1)(c1ccccc1)c1ccccc1. The smallest absolute Gasteiger partial charge is 0.261 e. The van der Waals surface area contributed by atoms with E-state index in [2.05, 4.69) is 111 Å². The molecule has 1 aliphatic heterocycles. The third kappa shape index (κ3) is 4.87. The Hall–Kier alpha value is -2.95. The second kappa shape index (κ2) is 9.90. The van der Waals surface area contributed by atoms with Gasteiger partial charge in [0.25, 0.3) is 8.32 Å². The lowest BCUT2D eigenvalue weighted by atomic mass is 9.89. The summed E-state index contributed by atoms with van der Waals surface area (Å²) in [5.74, 6) is 0.0272. The molecule has 1 amide bonds. The molecule has 0 unspecified atom stereocenters. The van der Waals surface area contributed by atoms with Crippen molar-refractivity contribution in [3.63, 3.8) is 0 Å². The highest BCUT2D eigenvalue weighted by Gasteiger charge is 2.50. The second-order valence-corrected chi connectivity index (χ2v) is 14.1. The van der Waals surface area contributed by atoms with E-state index in [9.17, 15) is 4.79 Å². The molecule has 0 spiro atoms. The lowest BCUT2D eigenvalue weighted by molar-refractivity contribution is -0.117. The topological polar surface area (TPSA) is 38.3 Å². The minimum absolute atomic E-state index is 0.00288. The van der Waals surface area contributed by atoms with Crippen molar-refractivity contribution in [2.45, 2.75) is 44.2 Å². The molecule has 4 rings (SSSR count). The van der Waals surface area contributed by atoms with Gasteiger partial charge in [0.2, 0.25) is 5.91 Å². The van der Waals surface area contributed by atoms with Crippen LogP contribution in [0.5, 0.6) is 0 Å². The van der Waals surface area contributed by atoms with Gasteiger partial charge in [-0.1, -0.05) is 118 Å². The van der Waals surface area contributed by atoms with Gasteiger partial charge in [-0.3, -0.25) is 4.79 Å². The summed E-state index contributed by atoms with van der Waals surface area (Å²) >= 11 is 0. The Morgan fingerprint density at radius 2 is 1.39 bits per heavy atom. The Labute approximate surface area is 198 Å². The number of rotatable bonds is 7. The molecule has 3 aromatic rings. The minimum atomic E-state index is -2.66. The minimum Gasteiger partial charge on any atom is -0.407 e. The maximum Gasteiger partial charge on any atom is 0.261 e. The summed E-state index contributed by atoms with van der Waals surface area (Å²) in [5, 5.41) is 5.62. The van der Waals surface area contributed by atoms with Crippen LogP contribution in [0.4, 0.5) is 0 Å². The first kappa shape index (κ1) is 23.2. The van der Waals surface area contributed by atoms with E-state index in [0.29, 0.717) is 6.61 Å². The Balaban J connectivity index is 1.78. The molecule has 0 aromatic heterocycles. The van der Waals surface area contributed by atoms with Crippen LogP contribution in [0.15, 0.2) is 103 Å². The Kier molecular flexibility index (Phi) is 6.96. The van der Waals surface area contributed by atoms with Crippen molar-refractivity contribution in [2.24, 2.45) is 0 Å². The predicted molar refractivity (Wildman–Crippen MR) is 138 cm³/mol. The fraction of sp³-hybridized carbons (Fsp3) is 0.276. The van der Waals surface area contributed by atoms with Crippen LogP contribution >= 0.6 is 0 Å². The van der Waals surface area contributed by atoms with Crippen LogP contribution in [0.25, 0.3) is 0 Å². The van der Waals surface area contributed by atoms with E-state index in [1.807, 2.05) is 12.1 Å². The molecule has 0 bridgehead atoms. The summed E-state index contributed by atoms with van der Waals surface area (Å²) < 4.78 is 7.23. The number of benzene rings is 3. The monoisotopic (exact) mass is 455 g/mol. The molecule has 3 nitrogen and oxygen atoms in total. The molecule has 2 atom stereocenters. The number of hydrogen-bond donors (Lipinski definition) is 1. The number of nitrogens with one attached hydrogen (secondary N) is 1. The van der Waals surface area contributed by atoms with E-state index in [-0.39, 0.29) is 22.9 Å². The Morgan fingerprint density at radius 3 is 1.88 bits per heavy atom. The lowest BCUT2D eigenvalue weighted by Gasteiger charge is -2.44. The van der Waals surface area contributed by atoms with E-state index in [1.54, 1.807) is 6.08 Å². The zero-order valence-corrected chi connectivity index (χ0v) is 20.7.